The van der Waals surface area contributed by atoms with Gasteiger partial charge in [-0.2, -0.15) is 0 Å². The van der Waals surface area contributed by atoms with E-state index in [0.717, 1.165) is 142 Å². The summed E-state index contributed by atoms with van der Waals surface area (Å²) < 4.78 is 1.68. The van der Waals surface area contributed by atoms with Crippen LogP contribution >= 0.6 is 0 Å². The van der Waals surface area contributed by atoms with Crippen LogP contribution in [0.25, 0.3) is 21.5 Å². The average Bonchev–Trinajstić information content (AvgIpc) is 3.52. The maximum Gasteiger partial charge on any atom is 0.216 e. The van der Waals surface area contributed by atoms with Gasteiger partial charge >= 0.3 is 0 Å². The molecule has 0 unspecified atom stereocenters. The molecule has 0 radical (unpaired) electrons. The van der Waals surface area contributed by atoms with Gasteiger partial charge in [-0.3, -0.25) is 9.59 Å². The van der Waals surface area contributed by atoms with Crippen LogP contribution in [0.5, 0.6) is 0 Å². The van der Waals surface area contributed by atoms with Gasteiger partial charge in [0.15, 0.2) is 0 Å². The van der Waals surface area contributed by atoms with E-state index in [4.69, 9.17) is 0 Å². The van der Waals surface area contributed by atoms with E-state index in [-0.39, 0.29) is 56.4 Å². The number of Topliss-reactive ketones (excluding diaryl/α,β-unsaturated/α-hetero) is 2. The van der Waals surface area contributed by atoms with Gasteiger partial charge in [0.1, 0.15) is 24.3 Å². The molecule has 0 aliphatic carbocycles. The second-order valence-corrected chi connectivity index (χ2v) is 23.7. The van der Waals surface area contributed by atoms with E-state index in [9.17, 15) is 19.8 Å². The molecule has 2 N–H and O–H groups in total. The number of piperidine rings is 6. The van der Waals surface area contributed by atoms with Gasteiger partial charge in [0.2, 0.25) is 11.6 Å². The zero-order valence-corrected chi connectivity index (χ0v) is 50.3. The fourth-order valence-electron chi connectivity index (χ4n) is 14.3. The lowest BCUT2D eigenvalue weighted by Gasteiger charge is -2.59. The summed E-state index contributed by atoms with van der Waals surface area (Å²) in [6.45, 7) is 11.2. The van der Waals surface area contributed by atoms with Crippen LogP contribution in [0, 0.1) is 10.8 Å². The van der Waals surface area contributed by atoms with E-state index in [0.29, 0.717) is 13.1 Å². The maximum absolute atomic E-state index is 13.4. The molecule has 0 atom stereocenters. The van der Waals surface area contributed by atoms with Crippen LogP contribution in [0.15, 0.2) is 206 Å². The predicted octanol–water partition coefficient (Wildman–Crippen LogP) is 9.29. The topological polar surface area (TPSA) is 74.6 Å². The molecule has 418 valence electrons. The molecular weight excluding hydrogens is 1120 g/mol. The lowest BCUT2D eigenvalue weighted by Crippen LogP contribution is -3.00. The van der Waals surface area contributed by atoms with E-state index in [1.807, 2.05) is 121 Å². The summed E-state index contributed by atoms with van der Waals surface area (Å²) in [6, 6.07) is 69.3. The Labute approximate surface area is 497 Å². The fourth-order valence-corrected chi connectivity index (χ4v) is 14.3. The van der Waals surface area contributed by atoms with E-state index >= 15 is 0 Å². The number of hydrogen-bond donors (Lipinski definition) is 2. The molecule has 0 spiro atoms. The first-order chi connectivity index (χ1) is 38.0. The molecule has 0 aromatic heterocycles. The predicted molar refractivity (Wildman–Crippen MR) is 319 cm³/mol. The van der Waals surface area contributed by atoms with Crippen molar-refractivity contribution in [3.8, 4) is 0 Å². The Hall–Kier alpha value is -5.58. The number of carbonyl (C=O) groups is 2. The molecule has 0 amide bonds. The second kappa shape index (κ2) is 26.6. The third-order valence-corrected chi connectivity index (χ3v) is 19.2. The van der Waals surface area contributed by atoms with E-state index in [1.165, 1.54) is 38.5 Å². The largest absolute Gasteiger partial charge is 1.00 e. The monoisotopic (exact) mass is 1200 g/mol. The summed E-state index contributed by atoms with van der Waals surface area (Å²) in [6.07, 6.45) is 14.0. The molecule has 0 saturated carbocycles. The van der Waals surface area contributed by atoms with Crippen molar-refractivity contribution in [3.05, 3.63) is 240 Å². The number of benzene rings is 8. The minimum absolute atomic E-state index is 0. The van der Waals surface area contributed by atoms with E-state index < -0.39 is 11.2 Å². The number of nitrogens with zero attached hydrogens (tertiary/aromatic N) is 2. The minimum atomic E-state index is -1.03. The molecule has 6 fully saturated rings. The van der Waals surface area contributed by atoms with Crippen LogP contribution in [-0.2, 0) is 11.2 Å². The highest BCUT2D eigenvalue weighted by atomic mass is 79.9. The Morgan fingerprint density at radius 1 is 0.375 bits per heavy atom. The number of halogens is 2. The second-order valence-electron chi connectivity index (χ2n) is 23.7. The lowest BCUT2D eigenvalue weighted by molar-refractivity contribution is -0.938. The van der Waals surface area contributed by atoms with Crippen molar-refractivity contribution in [2.24, 2.45) is 10.8 Å². The van der Waals surface area contributed by atoms with Crippen LogP contribution in [-0.4, -0.2) is 83.1 Å². The minimum Gasteiger partial charge on any atom is -1.00 e. The summed E-state index contributed by atoms with van der Waals surface area (Å²) in [7, 11) is 0. The van der Waals surface area contributed by atoms with E-state index in [1.54, 1.807) is 0 Å². The number of fused-ring (bicyclic) bond motifs is 8. The molecule has 6 saturated heterocycles. The maximum atomic E-state index is 13.4. The standard InChI is InChI=1S/2C32H32NO2.C8H18.2BrH/c2*34-30(27-16-15-25-9-7-8-10-26(25)23-27)24-33-20-17-31(18-21-33,19-22-33)32(35,28-11-3-1-4-12-28)29-13-5-2-6-14-29;1-3-5-7-8-6-4-2;;/h2*1-16,23,35H,17-22,24H2;3-8H2,1-2H3;2*1H/q2*+1;;;/p-2. The van der Waals surface area contributed by atoms with Gasteiger partial charge in [-0.05, 0) is 55.9 Å². The van der Waals surface area contributed by atoms with Gasteiger partial charge in [-0.25, -0.2) is 0 Å². The van der Waals surface area contributed by atoms with Crippen molar-refractivity contribution in [2.45, 2.75) is 102 Å². The Morgan fingerprint density at radius 3 is 0.912 bits per heavy atom. The number of quaternary nitrogens is 2. The summed E-state index contributed by atoms with van der Waals surface area (Å²) >= 11 is 0. The molecule has 8 heteroatoms. The molecule has 14 rings (SSSR count). The first kappa shape index (κ1) is 60.5. The van der Waals surface area contributed by atoms with Crippen LogP contribution in [0.2, 0.25) is 0 Å². The number of rotatable bonds is 17. The molecule has 4 bridgehead atoms. The quantitative estimate of drug-likeness (QED) is 0.0542. The zero-order valence-electron chi connectivity index (χ0n) is 47.1. The van der Waals surface area contributed by atoms with Crippen molar-refractivity contribution >= 4 is 33.1 Å². The number of ketones is 2. The van der Waals surface area contributed by atoms with Crippen molar-refractivity contribution in [3.63, 3.8) is 0 Å². The molecular formula is C72H82Br2N2O4. The van der Waals surface area contributed by atoms with Crippen molar-refractivity contribution in [1.82, 2.24) is 0 Å². The van der Waals surface area contributed by atoms with Crippen molar-refractivity contribution < 1.29 is 62.7 Å². The lowest BCUT2D eigenvalue weighted by atomic mass is 9.56. The van der Waals surface area contributed by atoms with Gasteiger partial charge in [-0.15, -0.1) is 0 Å². The summed E-state index contributed by atoms with van der Waals surface area (Å²) in [5, 5.41) is 29.6. The van der Waals surface area contributed by atoms with Crippen LogP contribution in [0.1, 0.15) is 134 Å². The molecule has 6 aliphatic heterocycles. The first-order valence-corrected chi connectivity index (χ1v) is 29.4. The molecule has 6 aliphatic rings. The average molecular weight is 1200 g/mol. The zero-order chi connectivity index (χ0) is 54.1. The molecule has 8 aromatic rings. The van der Waals surface area contributed by atoms with Gasteiger partial charge in [-0.1, -0.05) is 246 Å². The summed E-state index contributed by atoms with van der Waals surface area (Å²) in [5.41, 5.74) is 3.00. The Kier molecular flexibility index (Phi) is 20.1. The van der Waals surface area contributed by atoms with E-state index in [2.05, 4.69) is 98.8 Å². The van der Waals surface area contributed by atoms with Gasteiger partial charge in [0.25, 0.3) is 0 Å². The Balaban J connectivity index is 0.000000181. The number of aliphatic hydroxyl groups is 2. The van der Waals surface area contributed by atoms with Gasteiger partial charge < -0.3 is 53.1 Å². The summed E-state index contributed by atoms with van der Waals surface area (Å²) in [5.74, 6) is 0.457. The molecule has 8 aromatic carbocycles. The van der Waals surface area contributed by atoms with Crippen LogP contribution < -0.4 is 34.0 Å². The van der Waals surface area contributed by atoms with Crippen molar-refractivity contribution in [1.29, 1.82) is 0 Å². The number of unbranched alkanes of at least 4 members (excludes halogenated alkanes) is 5. The first-order valence-electron chi connectivity index (χ1n) is 29.4. The Morgan fingerprint density at radius 2 is 0.637 bits per heavy atom. The Bertz CT molecular complexity index is 2930. The third-order valence-electron chi connectivity index (χ3n) is 19.2. The normalized spacial score (nSPS) is 21.9. The number of carbonyl (C=O) groups excluding carboxylic acids is 2. The molecule has 6 nitrogen and oxygen atoms in total. The molecule has 6 heterocycles. The molecule has 80 heavy (non-hydrogen) atoms. The summed E-state index contributed by atoms with van der Waals surface area (Å²) in [4.78, 5) is 26.8. The highest BCUT2D eigenvalue weighted by Crippen LogP contribution is 2.59. The number of hydrogen-bond acceptors (Lipinski definition) is 4. The van der Waals surface area contributed by atoms with Crippen LogP contribution in [0.3, 0.4) is 0 Å². The smallest absolute Gasteiger partial charge is 0.216 e. The third kappa shape index (κ3) is 12.3. The van der Waals surface area contributed by atoms with Crippen molar-refractivity contribution in [2.75, 3.05) is 52.4 Å². The highest BCUT2D eigenvalue weighted by molar-refractivity contribution is 6.01. The fraction of sp³-hybridized carbons (Fsp3) is 0.361. The van der Waals surface area contributed by atoms with Crippen LogP contribution in [0.4, 0.5) is 0 Å². The highest BCUT2D eigenvalue weighted by Gasteiger charge is 2.62. The SMILES string of the molecule is CCCCCCCC.O=C(C[N+]12CCC(C(O)(c3ccccc3)c3ccccc3)(CC1)CC2)c1ccc2ccccc2c1.O=C(C[N+]12CCC(C(O)(c3ccccc3)c3ccccc3)(CC1)CC2)c1ccc2ccccc2c1.[Br-].[Br-]. The van der Waals surface area contributed by atoms with Gasteiger partial charge in [0, 0.05) is 60.5 Å². The van der Waals surface area contributed by atoms with Gasteiger partial charge in [0.05, 0.1) is 39.3 Å².